The van der Waals surface area contributed by atoms with Gasteiger partial charge >= 0.3 is 0 Å². The van der Waals surface area contributed by atoms with Gasteiger partial charge in [0.2, 0.25) is 0 Å². The van der Waals surface area contributed by atoms with Gasteiger partial charge in [-0.25, -0.2) is 8.42 Å². The molecule has 2 aromatic rings. The minimum absolute atomic E-state index is 0.0479. The van der Waals surface area contributed by atoms with E-state index < -0.39 is 10.0 Å². The first-order valence-electron chi connectivity index (χ1n) is 5.93. The molecule has 0 saturated carbocycles. The third kappa shape index (κ3) is 3.53. The molecular weight excluding hydrogens is 392 g/mol. The van der Waals surface area contributed by atoms with Gasteiger partial charge in [0.05, 0.1) is 18.4 Å². The summed E-state index contributed by atoms with van der Waals surface area (Å²) in [6.07, 6.45) is 0. The van der Waals surface area contributed by atoms with Gasteiger partial charge in [0.25, 0.3) is 10.0 Å². The molecule has 0 radical (unpaired) electrons. The number of sulfonamides is 1. The standard InChI is InChI=1S/C14H10BrClN2O3S/c1-21-13-5-3-10(15)6-14(13)22(19,20)18-12-7-11(16)4-2-9(12)8-17/h2-7,18H,1H3. The second kappa shape index (κ2) is 6.57. The summed E-state index contributed by atoms with van der Waals surface area (Å²) in [6, 6.07) is 10.9. The number of halogens is 2. The summed E-state index contributed by atoms with van der Waals surface area (Å²) in [4.78, 5) is -0.0479. The quantitative estimate of drug-likeness (QED) is 0.845. The van der Waals surface area contributed by atoms with Crippen LogP contribution in [0.25, 0.3) is 0 Å². The summed E-state index contributed by atoms with van der Waals surface area (Å²) in [6.45, 7) is 0. The maximum Gasteiger partial charge on any atom is 0.265 e. The molecule has 0 bridgehead atoms. The van der Waals surface area contributed by atoms with Crippen molar-refractivity contribution in [2.75, 3.05) is 11.8 Å². The van der Waals surface area contributed by atoms with E-state index in [2.05, 4.69) is 20.7 Å². The summed E-state index contributed by atoms with van der Waals surface area (Å²) in [5.74, 6) is 0.191. The third-order valence-corrected chi connectivity index (χ3v) is 4.88. The number of ether oxygens (including phenoxy) is 1. The van der Waals surface area contributed by atoms with Gasteiger partial charge in [0.1, 0.15) is 16.7 Å². The number of hydrogen-bond donors (Lipinski definition) is 1. The fourth-order valence-electron chi connectivity index (χ4n) is 1.76. The van der Waals surface area contributed by atoms with Gasteiger partial charge in [0.15, 0.2) is 0 Å². The molecule has 2 rings (SSSR count). The zero-order valence-corrected chi connectivity index (χ0v) is 14.5. The minimum Gasteiger partial charge on any atom is -0.495 e. The Kier molecular flexibility index (Phi) is 4.96. The lowest BCUT2D eigenvalue weighted by molar-refractivity contribution is 0.403. The fraction of sp³-hybridized carbons (Fsp3) is 0.0714. The monoisotopic (exact) mass is 400 g/mol. The predicted octanol–water partition coefficient (Wildman–Crippen LogP) is 3.78. The van der Waals surface area contributed by atoms with Crippen molar-refractivity contribution in [2.45, 2.75) is 4.90 Å². The van der Waals surface area contributed by atoms with Crippen LogP contribution in [0.15, 0.2) is 45.8 Å². The Morgan fingerprint density at radius 3 is 2.64 bits per heavy atom. The van der Waals surface area contributed by atoms with Gasteiger partial charge in [-0.05, 0) is 36.4 Å². The number of nitrogens with zero attached hydrogens (tertiary/aromatic N) is 1. The Balaban J connectivity index is 2.52. The van der Waals surface area contributed by atoms with E-state index in [1.807, 2.05) is 6.07 Å². The fourth-order valence-corrected chi connectivity index (χ4v) is 3.71. The summed E-state index contributed by atoms with van der Waals surface area (Å²) in [5.41, 5.74) is 0.277. The second-order valence-electron chi connectivity index (χ2n) is 4.20. The topological polar surface area (TPSA) is 79.2 Å². The lowest BCUT2D eigenvalue weighted by Crippen LogP contribution is -2.15. The zero-order chi connectivity index (χ0) is 16.3. The summed E-state index contributed by atoms with van der Waals surface area (Å²) >= 11 is 9.08. The van der Waals surface area contributed by atoms with Gasteiger partial charge < -0.3 is 4.74 Å². The lowest BCUT2D eigenvalue weighted by atomic mass is 10.2. The molecule has 0 spiro atoms. The molecule has 1 N–H and O–H groups in total. The first kappa shape index (κ1) is 16.6. The highest BCUT2D eigenvalue weighted by atomic mass is 79.9. The highest BCUT2D eigenvalue weighted by molar-refractivity contribution is 9.10. The highest BCUT2D eigenvalue weighted by Gasteiger charge is 2.21. The van der Waals surface area contributed by atoms with Crippen LogP contribution in [-0.4, -0.2) is 15.5 Å². The van der Waals surface area contributed by atoms with Crippen molar-refractivity contribution in [3.8, 4) is 11.8 Å². The molecule has 0 saturated heterocycles. The molecule has 22 heavy (non-hydrogen) atoms. The van der Waals surface area contributed by atoms with Crippen molar-refractivity contribution < 1.29 is 13.2 Å². The van der Waals surface area contributed by atoms with E-state index in [1.165, 1.54) is 37.4 Å². The molecule has 0 unspecified atom stereocenters. The van der Waals surface area contributed by atoms with E-state index in [-0.39, 0.29) is 21.9 Å². The second-order valence-corrected chi connectivity index (χ2v) is 7.21. The molecule has 0 aliphatic heterocycles. The van der Waals surface area contributed by atoms with Gasteiger partial charge in [0, 0.05) is 9.50 Å². The molecule has 8 heteroatoms. The Labute approximate surface area is 141 Å². The van der Waals surface area contributed by atoms with Crippen molar-refractivity contribution in [1.82, 2.24) is 0 Å². The Bertz CT molecular complexity index is 863. The van der Waals surface area contributed by atoms with Gasteiger partial charge in [-0.15, -0.1) is 0 Å². The number of anilines is 1. The lowest BCUT2D eigenvalue weighted by Gasteiger charge is -2.13. The van der Waals surface area contributed by atoms with E-state index in [0.29, 0.717) is 9.50 Å². The molecule has 0 aromatic heterocycles. The van der Waals surface area contributed by atoms with E-state index in [1.54, 1.807) is 6.07 Å². The Morgan fingerprint density at radius 1 is 1.27 bits per heavy atom. The van der Waals surface area contributed by atoms with Crippen LogP contribution in [-0.2, 0) is 10.0 Å². The maximum absolute atomic E-state index is 12.5. The third-order valence-electron chi connectivity index (χ3n) is 2.76. The average molecular weight is 402 g/mol. The van der Waals surface area contributed by atoms with Crippen molar-refractivity contribution >= 4 is 43.2 Å². The summed E-state index contributed by atoms with van der Waals surface area (Å²) in [7, 11) is -2.57. The van der Waals surface area contributed by atoms with Gasteiger partial charge in [-0.1, -0.05) is 27.5 Å². The van der Waals surface area contributed by atoms with Crippen LogP contribution in [0, 0.1) is 11.3 Å². The number of rotatable bonds is 4. The van der Waals surface area contributed by atoms with Crippen LogP contribution in [0.5, 0.6) is 5.75 Å². The van der Waals surface area contributed by atoms with E-state index in [9.17, 15) is 8.42 Å². The first-order valence-corrected chi connectivity index (χ1v) is 8.59. The molecule has 2 aromatic carbocycles. The largest absolute Gasteiger partial charge is 0.495 e. The van der Waals surface area contributed by atoms with Crippen LogP contribution in [0.2, 0.25) is 5.02 Å². The molecule has 5 nitrogen and oxygen atoms in total. The smallest absolute Gasteiger partial charge is 0.265 e. The SMILES string of the molecule is COc1ccc(Br)cc1S(=O)(=O)Nc1cc(Cl)ccc1C#N. The van der Waals surface area contributed by atoms with E-state index in [0.717, 1.165) is 0 Å². The van der Waals surface area contributed by atoms with Crippen LogP contribution >= 0.6 is 27.5 Å². The number of nitrogens with one attached hydrogen (secondary N) is 1. The molecule has 0 aliphatic rings. The molecular formula is C14H10BrClN2O3S. The van der Waals surface area contributed by atoms with Gasteiger partial charge in [-0.2, -0.15) is 5.26 Å². The molecule has 0 fully saturated rings. The molecule has 0 aliphatic carbocycles. The van der Waals surface area contributed by atoms with Gasteiger partial charge in [-0.3, -0.25) is 4.72 Å². The summed E-state index contributed by atoms with van der Waals surface area (Å²) < 4.78 is 33.1. The zero-order valence-electron chi connectivity index (χ0n) is 11.3. The van der Waals surface area contributed by atoms with Crippen LogP contribution in [0.1, 0.15) is 5.56 Å². The maximum atomic E-state index is 12.5. The van der Waals surface area contributed by atoms with Crippen molar-refractivity contribution in [3.63, 3.8) is 0 Å². The van der Waals surface area contributed by atoms with Crippen molar-refractivity contribution in [2.24, 2.45) is 0 Å². The minimum atomic E-state index is -3.94. The number of hydrogen-bond acceptors (Lipinski definition) is 4. The Morgan fingerprint density at radius 2 is 2.00 bits per heavy atom. The average Bonchev–Trinajstić information content (AvgIpc) is 2.47. The molecule has 114 valence electrons. The highest BCUT2D eigenvalue weighted by Crippen LogP contribution is 2.30. The molecule has 0 heterocycles. The normalized spacial score (nSPS) is 10.8. The first-order chi connectivity index (χ1) is 10.4. The van der Waals surface area contributed by atoms with Crippen LogP contribution in [0.4, 0.5) is 5.69 Å². The van der Waals surface area contributed by atoms with Crippen molar-refractivity contribution in [1.29, 1.82) is 5.26 Å². The number of methoxy groups -OCH3 is 1. The van der Waals surface area contributed by atoms with E-state index >= 15 is 0 Å². The Hall–Kier alpha value is -1.75. The number of nitriles is 1. The number of benzene rings is 2. The molecule has 0 atom stereocenters. The van der Waals surface area contributed by atoms with Crippen molar-refractivity contribution in [3.05, 3.63) is 51.5 Å². The van der Waals surface area contributed by atoms with Crippen LogP contribution < -0.4 is 9.46 Å². The van der Waals surface area contributed by atoms with Crippen LogP contribution in [0.3, 0.4) is 0 Å². The predicted molar refractivity (Wildman–Crippen MR) is 87.7 cm³/mol. The molecule has 0 amide bonds. The van der Waals surface area contributed by atoms with E-state index in [4.69, 9.17) is 21.6 Å². The summed E-state index contributed by atoms with van der Waals surface area (Å²) in [5, 5.41) is 9.38.